The molecule has 0 N–H and O–H groups in total. The van der Waals surface area contributed by atoms with Crippen molar-refractivity contribution in [3.63, 3.8) is 0 Å². The summed E-state index contributed by atoms with van der Waals surface area (Å²) in [7, 11) is 0. The van der Waals surface area contributed by atoms with Crippen LogP contribution in [0.2, 0.25) is 0 Å². The first-order chi connectivity index (χ1) is 69.9. The molecule has 0 bridgehead atoms. The van der Waals surface area contributed by atoms with E-state index >= 15 is 0 Å². The number of rotatable bonds is 9. The number of nitrogens with zero attached hydrogens (tertiary/aromatic N) is 3. The lowest BCUT2D eigenvalue weighted by Gasteiger charge is -2.27. The zero-order valence-corrected chi connectivity index (χ0v) is 78.7. The van der Waals surface area contributed by atoms with Gasteiger partial charge >= 0.3 is 0 Å². The van der Waals surface area contributed by atoms with Crippen molar-refractivity contribution in [1.29, 1.82) is 0 Å². The first-order valence-electron chi connectivity index (χ1n) is 47.0. The van der Waals surface area contributed by atoms with Crippen LogP contribution in [0.4, 0.5) is 51.2 Å². The molecule has 0 aliphatic rings. The van der Waals surface area contributed by atoms with Gasteiger partial charge in [-0.3, -0.25) is 0 Å². The predicted molar refractivity (Wildman–Crippen MR) is 599 cm³/mol. The average Bonchev–Trinajstić information content (AvgIpc) is 1.47. The number of hydrogen-bond acceptors (Lipinski definition) is 15. The number of fused-ring (bicyclic) bond motifs is 39. The van der Waals surface area contributed by atoms with Crippen molar-refractivity contribution >= 4 is 362 Å². The molecule has 0 aliphatic carbocycles. The van der Waals surface area contributed by atoms with Gasteiger partial charge in [-0.25, -0.2) is 0 Å². The molecular formula is C126H69N3O7S5. The number of thiophene rings is 5. The van der Waals surface area contributed by atoms with Crippen LogP contribution in [0.3, 0.4) is 0 Å². The van der Waals surface area contributed by atoms with Gasteiger partial charge in [0.05, 0.1) is 63.3 Å². The van der Waals surface area contributed by atoms with Gasteiger partial charge in [-0.1, -0.05) is 267 Å². The Labute approximate surface area is 819 Å². The predicted octanol–water partition coefficient (Wildman–Crippen LogP) is 40.6. The van der Waals surface area contributed by atoms with Crippen LogP contribution in [0.1, 0.15) is 0 Å². The molecule has 0 amide bonds. The standard InChI is InChI=1S/2C42H23NO3S.C42H23NOS3/c1-5-19-34-24(11-1)27-15-9-17-31(39(27)44-34)43(32-18-10-16-28-25-12-2-6-20-35(25)45-40(28)32)33-23-30-26-13-3-7-21-36(26)46-41(30)38-29-14-4-8-22-37(29)47-42(33)38;1-5-13-34-26(9-1)29-19-17-24(21-37(29)44-34)43(25-18-20-30-27-10-2-6-14-35(27)45-38(30)22-25)33-23-32-28-11-3-7-15-36(28)46-41(32)40-31-12-4-8-16-39(31)47-42(33)40;1-5-19-34-24(11-1)30-23-33(42-38(39(30)44-34)29-14-4-8-22-37(29)47-42)43(31-17-9-15-27-25-12-2-6-20-35(25)45-40(27)31)32-18-10-16-28-26-13-3-7-21-36(26)46-41(28)32/h3*1-23H. The first-order valence-corrected chi connectivity index (χ1v) is 51.1. The van der Waals surface area contributed by atoms with E-state index in [-0.39, 0.29) is 0 Å². The van der Waals surface area contributed by atoms with Crippen molar-refractivity contribution in [3.05, 3.63) is 419 Å². The molecule has 10 nitrogen and oxygen atoms in total. The molecule has 0 atom stereocenters. The second-order valence-corrected chi connectivity index (χ2v) is 41.4. The van der Waals surface area contributed by atoms with E-state index in [2.05, 4.69) is 373 Å². The van der Waals surface area contributed by atoms with Gasteiger partial charge in [0.25, 0.3) is 0 Å². The lowest BCUT2D eigenvalue weighted by atomic mass is 10.0. The molecular weight excluding hydrogens is 1830 g/mol. The molecule has 12 aromatic heterocycles. The van der Waals surface area contributed by atoms with E-state index in [4.69, 9.17) is 30.9 Å². The quantitative estimate of drug-likeness (QED) is 0.139. The Kier molecular flexibility index (Phi) is 17.1. The minimum atomic E-state index is 0.827. The zero-order chi connectivity index (χ0) is 91.9. The van der Waals surface area contributed by atoms with E-state index in [9.17, 15) is 0 Å². The number of para-hydroxylation sites is 9. The summed E-state index contributed by atoms with van der Waals surface area (Å²) in [5.41, 5.74) is 21.9. The van der Waals surface area contributed by atoms with E-state index in [0.29, 0.717) is 0 Å². The molecule has 0 spiro atoms. The molecule has 21 aromatic carbocycles. The largest absolute Gasteiger partial charge is 0.456 e. The third kappa shape index (κ3) is 11.8. The average molecular weight is 1900 g/mol. The molecule has 141 heavy (non-hydrogen) atoms. The van der Waals surface area contributed by atoms with E-state index < -0.39 is 0 Å². The second kappa shape index (κ2) is 30.6. The maximum Gasteiger partial charge on any atom is 0.159 e. The molecule has 33 rings (SSSR count). The minimum Gasteiger partial charge on any atom is -0.456 e. The number of benzene rings is 21. The fourth-order valence-electron chi connectivity index (χ4n) is 22.2. The molecule has 0 aliphatic heterocycles. The van der Waals surface area contributed by atoms with Gasteiger partial charge in [-0.2, -0.15) is 0 Å². The second-order valence-electron chi connectivity index (χ2n) is 36.1. The van der Waals surface area contributed by atoms with Crippen LogP contribution in [0.25, 0.3) is 254 Å². The van der Waals surface area contributed by atoms with Gasteiger partial charge in [0.15, 0.2) is 11.2 Å². The van der Waals surface area contributed by atoms with E-state index in [1.165, 1.54) is 97.8 Å². The van der Waals surface area contributed by atoms with Crippen LogP contribution in [0, 0.1) is 0 Å². The fraction of sp³-hybridized carbons (Fsp3) is 0. The number of furan rings is 7. The molecule has 15 heteroatoms. The van der Waals surface area contributed by atoms with Gasteiger partial charge in [0.1, 0.15) is 67.0 Å². The van der Waals surface area contributed by atoms with Crippen LogP contribution >= 0.6 is 56.7 Å². The van der Waals surface area contributed by atoms with Crippen LogP contribution in [0.5, 0.6) is 0 Å². The summed E-state index contributed by atoms with van der Waals surface area (Å²) in [6.07, 6.45) is 0. The van der Waals surface area contributed by atoms with Crippen molar-refractivity contribution in [3.8, 4) is 0 Å². The Bertz CT molecular complexity index is 10400. The van der Waals surface area contributed by atoms with Crippen molar-refractivity contribution in [2.24, 2.45) is 0 Å². The summed E-state index contributed by atoms with van der Waals surface area (Å²) in [5.74, 6) is 0. The van der Waals surface area contributed by atoms with Crippen molar-refractivity contribution < 1.29 is 30.9 Å². The van der Waals surface area contributed by atoms with Gasteiger partial charge in [-0.15, -0.1) is 56.7 Å². The molecule has 12 heterocycles. The summed E-state index contributed by atoms with van der Waals surface area (Å²) < 4.78 is 58.6. The normalized spacial score (nSPS) is 12.3. The Hall–Kier alpha value is -17.3. The summed E-state index contributed by atoms with van der Waals surface area (Å²) >= 11 is 9.20. The molecule has 0 saturated heterocycles. The molecule has 33 aromatic rings. The smallest absolute Gasteiger partial charge is 0.159 e. The molecule has 660 valence electrons. The monoisotopic (exact) mass is 1900 g/mol. The van der Waals surface area contributed by atoms with Crippen molar-refractivity contribution in [1.82, 2.24) is 0 Å². The summed E-state index contributed by atoms with van der Waals surface area (Å²) in [4.78, 5) is 7.24. The van der Waals surface area contributed by atoms with E-state index in [0.717, 1.165) is 208 Å². The summed E-state index contributed by atoms with van der Waals surface area (Å²) in [6, 6.07) is 148. The van der Waals surface area contributed by atoms with Gasteiger partial charge in [0, 0.05) is 176 Å². The molecule has 0 radical (unpaired) electrons. The summed E-state index contributed by atoms with van der Waals surface area (Å²) in [5, 5.41) is 27.6. The molecule has 0 saturated carbocycles. The van der Waals surface area contributed by atoms with Crippen LogP contribution in [0.15, 0.2) is 449 Å². The van der Waals surface area contributed by atoms with Crippen LogP contribution in [-0.2, 0) is 0 Å². The van der Waals surface area contributed by atoms with Crippen LogP contribution in [-0.4, -0.2) is 0 Å². The minimum absolute atomic E-state index is 0.827. The van der Waals surface area contributed by atoms with Gasteiger partial charge in [0.2, 0.25) is 0 Å². The highest BCUT2D eigenvalue weighted by atomic mass is 32.1. The lowest BCUT2D eigenvalue weighted by molar-refractivity contribution is 0.666. The first kappa shape index (κ1) is 78.9. The highest BCUT2D eigenvalue weighted by Gasteiger charge is 2.33. The van der Waals surface area contributed by atoms with Crippen molar-refractivity contribution in [2.75, 3.05) is 14.7 Å². The SMILES string of the molecule is c1ccc2c(c1)oc1c(N(c3cccc4c3oc3ccccc34)c3cc4c5ccccc5oc4c4c3sc3ccccc34)cccc12.c1ccc2c(c1)oc1c2cc(N(c2cccc3c2sc2ccccc23)c2cccc3c2sc2ccccc23)c2sc3ccccc3c21.c1ccc2c(c1)oc1cc(N(c3ccc4c(c3)oc3ccccc34)c3cc4c5ccccc5oc4c4c3sc3ccccc34)ccc12. The van der Waals surface area contributed by atoms with E-state index in [1.807, 2.05) is 94.7 Å². The zero-order valence-electron chi connectivity index (χ0n) is 74.6. The maximum absolute atomic E-state index is 6.70. The Morgan fingerprint density at radius 3 is 0.716 bits per heavy atom. The van der Waals surface area contributed by atoms with E-state index in [1.54, 1.807) is 22.7 Å². The third-order valence-electron chi connectivity index (χ3n) is 28.4. The maximum atomic E-state index is 6.70. The molecule has 0 unspecified atom stereocenters. The fourth-order valence-corrected chi connectivity index (χ4v) is 28.2. The number of hydrogen-bond donors (Lipinski definition) is 0. The Morgan fingerprint density at radius 2 is 0.369 bits per heavy atom. The highest BCUT2D eigenvalue weighted by molar-refractivity contribution is 7.28. The van der Waals surface area contributed by atoms with Crippen LogP contribution < -0.4 is 14.7 Å². The molecule has 0 fully saturated rings. The Morgan fingerprint density at radius 1 is 0.135 bits per heavy atom. The Balaban J connectivity index is 0.0000000972. The topological polar surface area (TPSA) is 102 Å². The third-order valence-corrected chi connectivity index (χ3v) is 34.4. The van der Waals surface area contributed by atoms with Gasteiger partial charge in [-0.05, 0) is 140 Å². The van der Waals surface area contributed by atoms with Crippen molar-refractivity contribution in [2.45, 2.75) is 0 Å². The highest BCUT2D eigenvalue weighted by Crippen LogP contribution is 2.59. The lowest BCUT2D eigenvalue weighted by Crippen LogP contribution is -2.11. The summed E-state index contributed by atoms with van der Waals surface area (Å²) in [6.45, 7) is 0. The number of anilines is 9. The van der Waals surface area contributed by atoms with Gasteiger partial charge < -0.3 is 45.6 Å².